The third-order valence-electron chi connectivity index (χ3n) is 2.89. The number of hydrogen-bond donors (Lipinski definition) is 2. The van der Waals surface area contributed by atoms with Crippen molar-refractivity contribution in [2.24, 2.45) is 5.73 Å². The topological polar surface area (TPSA) is 64.3 Å². The standard InChI is InChI=1S/C13H14F2N2O2.ClH/c14-5-8(6-16)7-19-11-4-10(15)3-9-1-2-17-13(18)12(9)11;/h3-5H,1-2,6-7,16H2,(H,17,18);1H/b8-5+;. The Hall–Kier alpha value is -1.66. The van der Waals surface area contributed by atoms with Crippen molar-refractivity contribution in [1.29, 1.82) is 0 Å². The average molecular weight is 305 g/mol. The van der Waals surface area contributed by atoms with E-state index in [1.807, 2.05) is 0 Å². The van der Waals surface area contributed by atoms with Gasteiger partial charge in [-0.05, 0) is 18.1 Å². The summed E-state index contributed by atoms with van der Waals surface area (Å²) >= 11 is 0. The Morgan fingerprint density at radius 2 is 2.25 bits per heavy atom. The predicted octanol–water partition coefficient (Wildman–Crippen LogP) is 1.72. The molecule has 20 heavy (non-hydrogen) atoms. The number of nitrogens with one attached hydrogen (secondary N) is 1. The number of ether oxygens (including phenoxy) is 1. The zero-order chi connectivity index (χ0) is 13.8. The van der Waals surface area contributed by atoms with Gasteiger partial charge in [0.25, 0.3) is 5.91 Å². The molecular formula is C13H15ClF2N2O2. The molecule has 110 valence electrons. The fourth-order valence-corrected chi connectivity index (χ4v) is 1.91. The first-order chi connectivity index (χ1) is 9.15. The van der Waals surface area contributed by atoms with Gasteiger partial charge in [-0.2, -0.15) is 0 Å². The molecule has 0 bridgehead atoms. The first-order valence-corrected chi connectivity index (χ1v) is 5.87. The summed E-state index contributed by atoms with van der Waals surface area (Å²) in [5, 5.41) is 2.66. The quantitative estimate of drug-likeness (QED) is 0.890. The molecular weight excluding hydrogens is 290 g/mol. The van der Waals surface area contributed by atoms with Gasteiger partial charge in [-0.15, -0.1) is 12.4 Å². The molecule has 1 aromatic carbocycles. The van der Waals surface area contributed by atoms with Gasteiger partial charge >= 0.3 is 0 Å². The van der Waals surface area contributed by atoms with Gasteiger partial charge in [0.2, 0.25) is 0 Å². The maximum Gasteiger partial charge on any atom is 0.255 e. The zero-order valence-corrected chi connectivity index (χ0v) is 11.4. The molecule has 0 spiro atoms. The molecule has 0 unspecified atom stereocenters. The van der Waals surface area contributed by atoms with E-state index in [0.717, 1.165) is 6.07 Å². The van der Waals surface area contributed by atoms with Crippen LogP contribution in [0.4, 0.5) is 8.78 Å². The normalized spacial score (nSPS) is 14.2. The highest BCUT2D eigenvalue weighted by atomic mass is 35.5. The fraction of sp³-hybridized carbons (Fsp3) is 0.308. The maximum atomic E-state index is 13.4. The lowest BCUT2D eigenvalue weighted by atomic mass is 9.99. The Kier molecular flexibility index (Phi) is 5.91. The van der Waals surface area contributed by atoms with Crippen LogP contribution in [0.2, 0.25) is 0 Å². The number of halogens is 3. The molecule has 1 aliphatic heterocycles. The van der Waals surface area contributed by atoms with Crippen molar-refractivity contribution in [3.8, 4) is 5.75 Å². The molecule has 0 aliphatic carbocycles. The van der Waals surface area contributed by atoms with E-state index in [4.69, 9.17) is 10.5 Å². The first-order valence-electron chi connectivity index (χ1n) is 5.87. The number of carbonyl (C=O) groups excluding carboxylic acids is 1. The van der Waals surface area contributed by atoms with Gasteiger partial charge in [0.1, 0.15) is 18.2 Å². The molecule has 1 aromatic rings. The Labute approximate surface area is 121 Å². The molecule has 3 N–H and O–H groups in total. The van der Waals surface area contributed by atoms with E-state index < -0.39 is 5.82 Å². The van der Waals surface area contributed by atoms with Crippen molar-refractivity contribution in [3.05, 3.63) is 41.0 Å². The molecule has 7 heteroatoms. The number of carbonyl (C=O) groups is 1. The second-order valence-corrected chi connectivity index (χ2v) is 4.20. The molecule has 0 saturated carbocycles. The molecule has 0 radical (unpaired) electrons. The number of fused-ring (bicyclic) bond motifs is 1. The van der Waals surface area contributed by atoms with E-state index in [1.165, 1.54) is 6.07 Å². The van der Waals surface area contributed by atoms with Crippen molar-refractivity contribution < 1.29 is 18.3 Å². The largest absolute Gasteiger partial charge is 0.488 e. The van der Waals surface area contributed by atoms with E-state index in [1.54, 1.807) is 0 Å². The van der Waals surface area contributed by atoms with Crippen LogP contribution in [-0.4, -0.2) is 25.6 Å². The number of rotatable bonds is 4. The van der Waals surface area contributed by atoms with Crippen LogP contribution in [0.5, 0.6) is 5.75 Å². The summed E-state index contributed by atoms with van der Waals surface area (Å²) in [6.07, 6.45) is 0.893. The van der Waals surface area contributed by atoms with Gasteiger partial charge in [-0.1, -0.05) is 0 Å². The van der Waals surface area contributed by atoms with Gasteiger partial charge in [-0.25, -0.2) is 8.78 Å². The van der Waals surface area contributed by atoms with Gasteiger partial charge in [0, 0.05) is 24.7 Å². The summed E-state index contributed by atoms with van der Waals surface area (Å²) in [7, 11) is 0. The lowest BCUT2D eigenvalue weighted by molar-refractivity contribution is 0.0942. The SMILES string of the molecule is Cl.NC/C(=C\F)COc1cc(F)cc2c1C(=O)NCC2. The third kappa shape index (κ3) is 3.46. The second-order valence-electron chi connectivity index (χ2n) is 4.20. The molecule has 0 aromatic heterocycles. The molecule has 0 atom stereocenters. The van der Waals surface area contributed by atoms with Gasteiger partial charge in [-0.3, -0.25) is 4.79 Å². The van der Waals surface area contributed by atoms with E-state index in [0.29, 0.717) is 30.4 Å². The number of hydrogen-bond acceptors (Lipinski definition) is 3. The van der Waals surface area contributed by atoms with Crippen LogP contribution >= 0.6 is 12.4 Å². The smallest absolute Gasteiger partial charge is 0.255 e. The highest BCUT2D eigenvalue weighted by Gasteiger charge is 2.22. The van der Waals surface area contributed by atoms with Crippen molar-refractivity contribution in [3.63, 3.8) is 0 Å². The number of nitrogens with two attached hydrogens (primary N) is 1. The Bertz CT molecular complexity index is 535. The van der Waals surface area contributed by atoms with Gasteiger partial charge in [0.05, 0.1) is 11.9 Å². The summed E-state index contributed by atoms with van der Waals surface area (Å²) in [6.45, 7) is 0.351. The minimum Gasteiger partial charge on any atom is -0.488 e. The Morgan fingerprint density at radius 3 is 2.90 bits per heavy atom. The van der Waals surface area contributed by atoms with Crippen LogP contribution in [0.15, 0.2) is 24.0 Å². The van der Waals surface area contributed by atoms with Gasteiger partial charge < -0.3 is 15.8 Å². The minimum absolute atomic E-state index is 0. The average Bonchev–Trinajstić information content (AvgIpc) is 2.39. The molecule has 0 fully saturated rings. The van der Waals surface area contributed by atoms with E-state index in [-0.39, 0.29) is 42.8 Å². The van der Waals surface area contributed by atoms with Crippen LogP contribution in [0, 0.1) is 5.82 Å². The molecule has 1 aliphatic rings. The molecule has 1 amide bonds. The first kappa shape index (κ1) is 16.4. The van der Waals surface area contributed by atoms with Crippen LogP contribution < -0.4 is 15.8 Å². The lowest BCUT2D eigenvalue weighted by Crippen LogP contribution is -2.32. The lowest BCUT2D eigenvalue weighted by Gasteiger charge is -2.20. The van der Waals surface area contributed by atoms with Gasteiger partial charge in [0.15, 0.2) is 0 Å². The Morgan fingerprint density at radius 1 is 1.50 bits per heavy atom. The molecule has 1 heterocycles. The van der Waals surface area contributed by atoms with Crippen LogP contribution in [0.1, 0.15) is 15.9 Å². The Balaban J connectivity index is 0.00000200. The summed E-state index contributed by atoms with van der Waals surface area (Å²) in [4.78, 5) is 11.8. The highest BCUT2D eigenvalue weighted by molar-refractivity contribution is 5.99. The summed E-state index contributed by atoms with van der Waals surface area (Å²) in [5.74, 6) is -0.684. The minimum atomic E-state index is -0.484. The maximum absolute atomic E-state index is 13.4. The molecule has 0 saturated heterocycles. The fourth-order valence-electron chi connectivity index (χ4n) is 1.91. The van der Waals surface area contributed by atoms with Crippen molar-refractivity contribution in [2.45, 2.75) is 6.42 Å². The molecule has 4 nitrogen and oxygen atoms in total. The van der Waals surface area contributed by atoms with Crippen molar-refractivity contribution >= 4 is 18.3 Å². The van der Waals surface area contributed by atoms with Crippen LogP contribution in [0.3, 0.4) is 0 Å². The number of benzene rings is 1. The molecule has 2 rings (SSSR count). The predicted molar refractivity (Wildman–Crippen MR) is 73.4 cm³/mol. The van der Waals surface area contributed by atoms with E-state index in [9.17, 15) is 13.6 Å². The summed E-state index contributed by atoms with van der Waals surface area (Å²) < 4.78 is 31.1. The third-order valence-corrected chi connectivity index (χ3v) is 2.89. The summed E-state index contributed by atoms with van der Waals surface area (Å²) in [5.41, 5.74) is 6.43. The van der Waals surface area contributed by atoms with Crippen LogP contribution in [0.25, 0.3) is 0 Å². The number of amides is 1. The van der Waals surface area contributed by atoms with Crippen molar-refractivity contribution in [1.82, 2.24) is 5.32 Å². The summed E-state index contributed by atoms with van der Waals surface area (Å²) in [6, 6.07) is 2.44. The monoisotopic (exact) mass is 304 g/mol. The van der Waals surface area contributed by atoms with Crippen molar-refractivity contribution in [2.75, 3.05) is 19.7 Å². The van der Waals surface area contributed by atoms with E-state index >= 15 is 0 Å². The van der Waals surface area contributed by atoms with E-state index in [2.05, 4.69) is 5.32 Å². The van der Waals surface area contributed by atoms with Crippen LogP contribution in [-0.2, 0) is 6.42 Å². The second kappa shape index (κ2) is 7.21. The highest BCUT2D eigenvalue weighted by Crippen LogP contribution is 2.27. The zero-order valence-electron chi connectivity index (χ0n) is 10.6.